The topological polar surface area (TPSA) is 63.0 Å². The second-order valence-electron chi connectivity index (χ2n) is 9.06. The third kappa shape index (κ3) is 6.13. The highest BCUT2D eigenvalue weighted by Crippen LogP contribution is 2.30. The minimum absolute atomic E-state index is 0.00832. The Kier molecular flexibility index (Phi) is 8.26. The van der Waals surface area contributed by atoms with Crippen molar-refractivity contribution in [1.82, 2.24) is 9.80 Å². The Hall–Kier alpha value is -3.09. The van der Waals surface area contributed by atoms with Gasteiger partial charge in [0.2, 0.25) is 0 Å². The van der Waals surface area contributed by atoms with E-state index in [0.717, 1.165) is 48.6 Å². The Bertz CT molecular complexity index is 1120. The predicted octanol–water partition coefficient (Wildman–Crippen LogP) is 5.32. The number of rotatable bonds is 8. The van der Waals surface area contributed by atoms with Crippen molar-refractivity contribution in [3.05, 3.63) is 94.4 Å². The van der Waals surface area contributed by atoms with Gasteiger partial charge in [0.15, 0.2) is 5.76 Å². The lowest BCUT2D eigenvalue weighted by Gasteiger charge is -2.40. The van der Waals surface area contributed by atoms with Gasteiger partial charge in [0.1, 0.15) is 0 Å². The Labute approximate surface area is 211 Å². The molecular weight excluding hydrogens is 464 g/mol. The summed E-state index contributed by atoms with van der Waals surface area (Å²) in [4.78, 5) is 29.0. The zero-order valence-corrected chi connectivity index (χ0v) is 20.9. The van der Waals surface area contributed by atoms with Crippen LogP contribution in [0.25, 0.3) is 0 Å². The van der Waals surface area contributed by atoms with Gasteiger partial charge in [-0.2, -0.15) is 0 Å². The number of furan rings is 1. The molecule has 3 aromatic rings. The van der Waals surface area contributed by atoms with Gasteiger partial charge in [-0.15, -0.1) is 0 Å². The Morgan fingerprint density at radius 3 is 2.43 bits per heavy atom. The van der Waals surface area contributed by atoms with Gasteiger partial charge in [-0.05, 0) is 79.7 Å². The van der Waals surface area contributed by atoms with Crippen LogP contribution in [-0.4, -0.2) is 55.0 Å². The SMILES string of the molecule is COC(=O)c1ccc(CN2CCC([C@@H](Cc3ccccc3Cl)N(C)C(=O)c3ccco3)CC2)cc1. The van der Waals surface area contributed by atoms with Crippen LogP contribution in [0.2, 0.25) is 5.02 Å². The molecule has 35 heavy (non-hydrogen) atoms. The van der Waals surface area contributed by atoms with Crippen molar-refractivity contribution in [1.29, 1.82) is 0 Å². The molecule has 2 aromatic carbocycles. The fourth-order valence-corrected chi connectivity index (χ4v) is 5.06. The molecule has 0 unspecified atom stereocenters. The number of piperidine rings is 1. The molecule has 1 fully saturated rings. The van der Waals surface area contributed by atoms with Crippen molar-refractivity contribution in [2.75, 3.05) is 27.2 Å². The molecule has 1 saturated heterocycles. The molecule has 1 amide bonds. The molecule has 1 aliphatic rings. The summed E-state index contributed by atoms with van der Waals surface area (Å²) in [5.74, 6) is 0.257. The van der Waals surface area contributed by atoms with Crippen LogP contribution in [0.5, 0.6) is 0 Å². The minimum Gasteiger partial charge on any atom is -0.465 e. The molecule has 6 nitrogen and oxygen atoms in total. The van der Waals surface area contributed by atoms with Crippen LogP contribution in [0.15, 0.2) is 71.3 Å². The van der Waals surface area contributed by atoms with Gasteiger partial charge in [0, 0.05) is 24.7 Å². The molecule has 0 saturated carbocycles. The van der Waals surface area contributed by atoms with E-state index in [1.165, 1.54) is 13.4 Å². The number of carbonyl (C=O) groups excluding carboxylic acids is 2. The molecule has 2 heterocycles. The van der Waals surface area contributed by atoms with Crippen LogP contribution >= 0.6 is 11.6 Å². The lowest BCUT2D eigenvalue weighted by molar-refractivity contribution is 0.0555. The summed E-state index contributed by atoms with van der Waals surface area (Å²) in [6, 6.07) is 18.9. The van der Waals surface area contributed by atoms with E-state index in [2.05, 4.69) is 4.90 Å². The van der Waals surface area contributed by atoms with Crippen LogP contribution < -0.4 is 0 Å². The zero-order chi connectivity index (χ0) is 24.8. The Morgan fingerprint density at radius 2 is 1.80 bits per heavy atom. The fourth-order valence-electron chi connectivity index (χ4n) is 4.85. The lowest BCUT2D eigenvalue weighted by Crippen LogP contribution is -2.47. The largest absolute Gasteiger partial charge is 0.465 e. The molecule has 0 spiro atoms. The number of benzene rings is 2. The summed E-state index contributed by atoms with van der Waals surface area (Å²) in [5, 5.41) is 0.726. The van der Waals surface area contributed by atoms with Crippen molar-refractivity contribution >= 4 is 23.5 Å². The first-order chi connectivity index (χ1) is 17.0. The van der Waals surface area contributed by atoms with Gasteiger partial charge in [0.25, 0.3) is 5.91 Å². The summed E-state index contributed by atoms with van der Waals surface area (Å²) in [6.07, 6.45) is 4.18. The van der Waals surface area contributed by atoms with Crippen LogP contribution in [-0.2, 0) is 17.7 Å². The number of esters is 1. The van der Waals surface area contributed by atoms with Gasteiger partial charge in [0.05, 0.1) is 18.9 Å². The predicted molar refractivity (Wildman–Crippen MR) is 136 cm³/mol. The maximum Gasteiger partial charge on any atom is 0.337 e. The number of methoxy groups -OCH3 is 1. The number of amides is 1. The van der Waals surface area contributed by atoms with E-state index >= 15 is 0 Å². The summed E-state index contributed by atoms with van der Waals surface area (Å²) in [5.41, 5.74) is 2.77. The van der Waals surface area contributed by atoms with Crippen molar-refractivity contribution in [2.24, 2.45) is 5.92 Å². The van der Waals surface area contributed by atoms with Crippen LogP contribution in [0.1, 0.15) is 44.9 Å². The summed E-state index contributed by atoms with van der Waals surface area (Å²) >= 11 is 6.49. The molecule has 0 N–H and O–H groups in total. The number of hydrogen-bond acceptors (Lipinski definition) is 5. The first-order valence-electron chi connectivity index (χ1n) is 11.9. The quantitative estimate of drug-likeness (QED) is 0.397. The highest BCUT2D eigenvalue weighted by molar-refractivity contribution is 6.31. The van der Waals surface area contributed by atoms with E-state index in [4.69, 9.17) is 20.8 Å². The lowest BCUT2D eigenvalue weighted by atomic mass is 9.84. The summed E-state index contributed by atoms with van der Waals surface area (Å²) < 4.78 is 10.2. The average molecular weight is 495 g/mol. The van der Waals surface area contributed by atoms with E-state index in [1.807, 2.05) is 60.5 Å². The van der Waals surface area contributed by atoms with E-state index in [9.17, 15) is 9.59 Å². The number of halogens is 1. The van der Waals surface area contributed by atoms with Gasteiger partial charge in [-0.3, -0.25) is 9.69 Å². The number of hydrogen-bond donors (Lipinski definition) is 0. The fraction of sp³-hybridized carbons (Fsp3) is 0.357. The number of nitrogens with zero attached hydrogens (tertiary/aromatic N) is 2. The second-order valence-corrected chi connectivity index (χ2v) is 9.47. The maximum absolute atomic E-state index is 13.1. The van der Waals surface area contributed by atoms with E-state index in [1.54, 1.807) is 12.1 Å². The molecule has 1 atom stereocenters. The molecule has 1 aliphatic heterocycles. The molecule has 0 radical (unpaired) electrons. The molecule has 0 aliphatic carbocycles. The summed E-state index contributed by atoms with van der Waals surface area (Å²) in [7, 11) is 3.25. The summed E-state index contributed by atoms with van der Waals surface area (Å²) in [6.45, 7) is 2.70. The van der Waals surface area contributed by atoms with E-state index in [-0.39, 0.29) is 17.9 Å². The third-order valence-electron chi connectivity index (χ3n) is 6.89. The third-order valence-corrected chi connectivity index (χ3v) is 7.26. The second kappa shape index (κ2) is 11.6. The standard InChI is InChI=1S/C28H31ClN2O4/c1-30(27(32)26-8-5-17-35-26)25(18-23-6-3-4-7-24(23)29)21-13-15-31(16-14-21)19-20-9-11-22(12-10-20)28(33)34-2/h3-12,17,21,25H,13-16,18-19H2,1-2H3/t25-/m1/s1. The molecule has 7 heteroatoms. The smallest absolute Gasteiger partial charge is 0.337 e. The zero-order valence-electron chi connectivity index (χ0n) is 20.2. The maximum atomic E-state index is 13.1. The Morgan fingerprint density at radius 1 is 1.09 bits per heavy atom. The Balaban J connectivity index is 1.43. The van der Waals surface area contributed by atoms with E-state index < -0.39 is 0 Å². The molecule has 184 valence electrons. The number of ether oxygens (including phenoxy) is 1. The van der Waals surface area contributed by atoms with Crippen molar-refractivity contribution in [2.45, 2.75) is 31.8 Å². The van der Waals surface area contributed by atoms with Crippen molar-refractivity contribution < 1.29 is 18.7 Å². The van der Waals surface area contributed by atoms with Gasteiger partial charge < -0.3 is 14.1 Å². The van der Waals surface area contributed by atoms with E-state index in [0.29, 0.717) is 23.7 Å². The number of carbonyl (C=O) groups is 2. The van der Waals surface area contributed by atoms with Crippen LogP contribution in [0.3, 0.4) is 0 Å². The first kappa shape index (κ1) is 25.0. The van der Waals surface area contributed by atoms with Gasteiger partial charge >= 0.3 is 5.97 Å². The normalized spacial score (nSPS) is 15.5. The van der Waals surface area contributed by atoms with Gasteiger partial charge in [-0.1, -0.05) is 41.9 Å². The number of likely N-dealkylation sites (N-methyl/N-ethyl adjacent to an activating group) is 1. The number of likely N-dealkylation sites (tertiary alicyclic amines) is 1. The van der Waals surface area contributed by atoms with Crippen molar-refractivity contribution in [3.8, 4) is 0 Å². The highest BCUT2D eigenvalue weighted by Gasteiger charge is 2.33. The first-order valence-corrected chi connectivity index (χ1v) is 12.3. The van der Waals surface area contributed by atoms with Crippen molar-refractivity contribution in [3.63, 3.8) is 0 Å². The van der Waals surface area contributed by atoms with Crippen LogP contribution in [0, 0.1) is 5.92 Å². The average Bonchev–Trinajstić information content (AvgIpc) is 3.43. The molecular formula is C28H31ClN2O4. The monoisotopic (exact) mass is 494 g/mol. The molecule has 4 rings (SSSR count). The molecule has 1 aromatic heterocycles. The van der Waals surface area contributed by atoms with Crippen LogP contribution in [0.4, 0.5) is 0 Å². The van der Waals surface area contributed by atoms with Gasteiger partial charge in [-0.25, -0.2) is 4.79 Å². The molecule has 0 bridgehead atoms. The minimum atomic E-state index is -0.324. The highest BCUT2D eigenvalue weighted by atomic mass is 35.5.